The van der Waals surface area contributed by atoms with Crippen LogP contribution >= 0.6 is 11.3 Å². The highest BCUT2D eigenvalue weighted by Crippen LogP contribution is 2.26. The van der Waals surface area contributed by atoms with Gasteiger partial charge < -0.3 is 9.26 Å². The molecule has 0 spiro atoms. The van der Waals surface area contributed by atoms with E-state index in [9.17, 15) is 4.79 Å². The number of esters is 1. The first kappa shape index (κ1) is 9.92. The van der Waals surface area contributed by atoms with Crippen molar-refractivity contribution in [3.8, 4) is 10.6 Å². The molecule has 0 bridgehead atoms. The minimum atomic E-state index is -0.233. The summed E-state index contributed by atoms with van der Waals surface area (Å²) in [5, 5.41) is 3.82. The Morgan fingerprint density at radius 1 is 1.53 bits per heavy atom. The van der Waals surface area contributed by atoms with Crippen molar-refractivity contribution in [3.63, 3.8) is 0 Å². The molecule has 2 rings (SSSR count). The molecule has 0 amide bonds. The van der Waals surface area contributed by atoms with Crippen LogP contribution in [0.15, 0.2) is 29.0 Å². The van der Waals surface area contributed by atoms with Gasteiger partial charge in [-0.2, -0.15) is 0 Å². The van der Waals surface area contributed by atoms with Gasteiger partial charge in [0.05, 0.1) is 18.4 Å². The lowest BCUT2D eigenvalue weighted by atomic mass is 10.3. The quantitative estimate of drug-likeness (QED) is 0.748. The van der Waals surface area contributed by atoms with Crippen LogP contribution in [0, 0.1) is 0 Å². The van der Waals surface area contributed by atoms with E-state index >= 15 is 0 Å². The molecule has 15 heavy (non-hydrogen) atoms. The van der Waals surface area contributed by atoms with Crippen LogP contribution in [0.2, 0.25) is 0 Å². The lowest BCUT2D eigenvalue weighted by Crippen LogP contribution is -2.02. The summed E-state index contributed by atoms with van der Waals surface area (Å²) in [5.74, 6) is -0.233. The highest BCUT2D eigenvalue weighted by Gasteiger charge is 2.08. The zero-order chi connectivity index (χ0) is 10.7. The number of thiophene rings is 1. The van der Waals surface area contributed by atoms with E-state index in [1.165, 1.54) is 24.7 Å². The summed E-state index contributed by atoms with van der Waals surface area (Å²) in [5.41, 5.74) is 0.788. The van der Waals surface area contributed by atoms with E-state index in [1.807, 2.05) is 12.1 Å². The van der Waals surface area contributed by atoms with Crippen molar-refractivity contribution >= 4 is 17.3 Å². The Morgan fingerprint density at radius 3 is 3.07 bits per heavy atom. The molecule has 5 heteroatoms. The summed E-state index contributed by atoms with van der Waals surface area (Å²) in [4.78, 5) is 13.0. The second-order valence-electron chi connectivity index (χ2n) is 2.90. The van der Waals surface area contributed by atoms with Crippen molar-refractivity contribution in [2.45, 2.75) is 6.42 Å². The van der Waals surface area contributed by atoms with Gasteiger partial charge in [0.25, 0.3) is 0 Å². The smallest absolute Gasteiger partial charge is 0.310 e. The largest absolute Gasteiger partial charge is 0.469 e. The van der Waals surface area contributed by atoms with Crippen molar-refractivity contribution in [3.05, 3.63) is 29.3 Å². The van der Waals surface area contributed by atoms with Crippen molar-refractivity contribution in [2.75, 3.05) is 7.11 Å². The molecule has 0 N–H and O–H groups in total. The number of rotatable bonds is 3. The van der Waals surface area contributed by atoms with Crippen LogP contribution in [0.5, 0.6) is 0 Å². The summed E-state index contributed by atoms with van der Waals surface area (Å²) in [6.45, 7) is 0. The molecule has 2 aromatic rings. The van der Waals surface area contributed by atoms with Crippen LogP contribution in [-0.4, -0.2) is 18.2 Å². The molecule has 0 aliphatic carbocycles. The molecule has 2 aromatic heterocycles. The molecule has 2 heterocycles. The standard InChI is InChI=1S/C10H9NO3S/c1-13-10(12)6-7-2-3-9(15-7)8-4-5-14-11-8/h2-5H,6H2,1H3. The summed E-state index contributed by atoms with van der Waals surface area (Å²) in [6, 6.07) is 5.60. The number of carbonyl (C=O) groups excluding carboxylic acids is 1. The monoisotopic (exact) mass is 223 g/mol. The Hall–Kier alpha value is -1.62. The predicted octanol–water partition coefficient (Wildman–Crippen LogP) is 2.12. The minimum Gasteiger partial charge on any atom is -0.469 e. The summed E-state index contributed by atoms with van der Waals surface area (Å²) in [6.07, 6.45) is 1.83. The molecule has 0 aliphatic rings. The van der Waals surface area contributed by atoms with Gasteiger partial charge in [0.1, 0.15) is 12.0 Å². The van der Waals surface area contributed by atoms with Gasteiger partial charge in [0.15, 0.2) is 0 Å². The van der Waals surface area contributed by atoms with Gasteiger partial charge in [-0.1, -0.05) is 5.16 Å². The van der Waals surface area contributed by atoms with Gasteiger partial charge in [-0.05, 0) is 12.1 Å². The predicted molar refractivity (Wildman–Crippen MR) is 55.5 cm³/mol. The first-order chi connectivity index (χ1) is 7.29. The number of hydrogen-bond donors (Lipinski definition) is 0. The molecule has 0 radical (unpaired) electrons. The average Bonchev–Trinajstić information content (AvgIpc) is 2.85. The molecule has 0 fully saturated rings. The topological polar surface area (TPSA) is 52.3 Å². The SMILES string of the molecule is COC(=O)Cc1ccc(-c2ccon2)s1. The maximum Gasteiger partial charge on any atom is 0.310 e. The fourth-order valence-corrected chi connectivity index (χ4v) is 2.12. The Kier molecular flexibility index (Phi) is 2.82. The van der Waals surface area contributed by atoms with E-state index < -0.39 is 0 Å². The summed E-state index contributed by atoms with van der Waals surface area (Å²) < 4.78 is 9.33. The number of hydrogen-bond acceptors (Lipinski definition) is 5. The van der Waals surface area contributed by atoms with Gasteiger partial charge in [-0.25, -0.2) is 0 Å². The lowest BCUT2D eigenvalue weighted by Gasteiger charge is -1.94. The van der Waals surface area contributed by atoms with Crippen LogP contribution in [-0.2, 0) is 16.0 Å². The fourth-order valence-electron chi connectivity index (χ4n) is 1.16. The Balaban J connectivity index is 2.14. The van der Waals surface area contributed by atoms with E-state index in [0.717, 1.165) is 15.4 Å². The minimum absolute atomic E-state index is 0.233. The van der Waals surface area contributed by atoms with E-state index in [-0.39, 0.29) is 5.97 Å². The molecule has 0 unspecified atom stereocenters. The Morgan fingerprint density at radius 2 is 2.40 bits per heavy atom. The van der Waals surface area contributed by atoms with Crippen molar-refractivity contribution in [1.82, 2.24) is 5.16 Å². The molecule has 78 valence electrons. The molecule has 0 aliphatic heterocycles. The molecule has 0 saturated carbocycles. The zero-order valence-electron chi connectivity index (χ0n) is 8.10. The van der Waals surface area contributed by atoms with Crippen LogP contribution in [0.4, 0.5) is 0 Å². The van der Waals surface area contributed by atoms with Crippen LogP contribution in [0.25, 0.3) is 10.6 Å². The molecular formula is C10H9NO3S. The Bertz CT molecular complexity index is 447. The third kappa shape index (κ3) is 2.24. The highest BCUT2D eigenvalue weighted by atomic mass is 32.1. The van der Waals surface area contributed by atoms with Crippen molar-refractivity contribution in [1.29, 1.82) is 0 Å². The first-order valence-corrected chi connectivity index (χ1v) is 5.17. The third-order valence-electron chi connectivity index (χ3n) is 1.90. The maximum atomic E-state index is 11.0. The molecule has 4 nitrogen and oxygen atoms in total. The number of ether oxygens (including phenoxy) is 1. The van der Waals surface area contributed by atoms with Crippen LogP contribution < -0.4 is 0 Å². The van der Waals surface area contributed by atoms with Crippen LogP contribution in [0.1, 0.15) is 4.88 Å². The zero-order valence-corrected chi connectivity index (χ0v) is 8.91. The normalized spacial score (nSPS) is 10.2. The second kappa shape index (κ2) is 4.27. The number of nitrogens with zero attached hydrogens (tertiary/aromatic N) is 1. The van der Waals surface area contributed by atoms with E-state index in [2.05, 4.69) is 9.89 Å². The van der Waals surface area contributed by atoms with Gasteiger partial charge in [0, 0.05) is 10.9 Å². The second-order valence-corrected chi connectivity index (χ2v) is 4.07. The van der Waals surface area contributed by atoms with Gasteiger partial charge in [-0.3, -0.25) is 4.79 Å². The molecule has 0 saturated heterocycles. The van der Waals surface area contributed by atoms with E-state index in [0.29, 0.717) is 6.42 Å². The van der Waals surface area contributed by atoms with E-state index in [1.54, 1.807) is 6.07 Å². The fraction of sp³-hybridized carbons (Fsp3) is 0.200. The summed E-state index contributed by atoms with van der Waals surface area (Å²) >= 11 is 1.51. The number of carbonyl (C=O) groups is 1. The first-order valence-electron chi connectivity index (χ1n) is 4.36. The van der Waals surface area contributed by atoms with Crippen molar-refractivity contribution < 1.29 is 14.1 Å². The van der Waals surface area contributed by atoms with Crippen molar-refractivity contribution in [2.24, 2.45) is 0 Å². The number of aromatic nitrogens is 1. The summed E-state index contributed by atoms with van der Waals surface area (Å²) in [7, 11) is 1.38. The number of methoxy groups -OCH3 is 1. The van der Waals surface area contributed by atoms with Crippen LogP contribution in [0.3, 0.4) is 0 Å². The van der Waals surface area contributed by atoms with E-state index in [4.69, 9.17) is 4.52 Å². The van der Waals surface area contributed by atoms with Gasteiger partial charge in [0.2, 0.25) is 0 Å². The average molecular weight is 223 g/mol. The maximum absolute atomic E-state index is 11.0. The molecule has 0 aromatic carbocycles. The lowest BCUT2D eigenvalue weighted by molar-refractivity contribution is -0.139. The molecule has 0 atom stereocenters. The Labute approximate surface area is 90.5 Å². The third-order valence-corrected chi connectivity index (χ3v) is 3.01. The van der Waals surface area contributed by atoms with Gasteiger partial charge >= 0.3 is 5.97 Å². The molecular weight excluding hydrogens is 214 g/mol. The highest BCUT2D eigenvalue weighted by molar-refractivity contribution is 7.15. The van der Waals surface area contributed by atoms with Gasteiger partial charge in [-0.15, -0.1) is 11.3 Å².